The fourth-order valence-electron chi connectivity index (χ4n) is 1.64. The maximum atomic E-state index is 11.8. The van der Waals surface area contributed by atoms with Crippen molar-refractivity contribution in [1.82, 2.24) is 4.72 Å². The zero-order valence-corrected chi connectivity index (χ0v) is 12.3. The van der Waals surface area contributed by atoms with Gasteiger partial charge in [0.25, 0.3) is 0 Å². The molecule has 1 unspecified atom stereocenters. The van der Waals surface area contributed by atoms with Gasteiger partial charge in [-0.15, -0.1) is 0 Å². The van der Waals surface area contributed by atoms with Crippen LogP contribution < -0.4 is 9.46 Å². The number of nitrogens with one attached hydrogen (secondary N) is 1. The Morgan fingerprint density at radius 3 is 2.33 bits per heavy atom. The zero-order chi connectivity index (χ0) is 13.9. The number of aryl methyl sites for hydroxylation is 1. The third-order valence-electron chi connectivity index (χ3n) is 2.81. The van der Waals surface area contributed by atoms with Crippen molar-refractivity contribution < 1.29 is 13.2 Å². The third-order valence-corrected chi connectivity index (χ3v) is 4.74. The normalized spacial score (nSPS) is 13.7. The van der Waals surface area contributed by atoms with Crippen LogP contribution in [-0.2, 0) is 10.0 Å². The van der Waals surface area contributed by atoms with E-state index in [0.29, 0.717) is 5.75 Å². The summed E-state index contributed by atoms with van der Waals surface area (Å²) in [6.45, 7) is 7.09. The van der Waals surface area contributed by atoms with Crippen molar-refractivity contribution in [1.29, 1.82) is 0 Å². The van der Waals surface area contributed by atoms with Gasteiger partial charge in [-0.25, -0.2) is 13.1 Å². The van der Waals surface area contributed by atoms with Gasteiger partial charge in [-0.1, -0.05) is 17.7 Å². The average molecular weight is 271 g/mol. The molecule has 4 nitrogen and oxygen atoms in total. The highest BCUT2D eigenvalue weighted by Gasteiger charge is 2.21. The van der Waals surface area contributed by atoms with E-state index in [2.05, 4.69) is 4.72 Å². The van der Waals surface area contributed by atoms with Gasteiger partial charge in [0.1, 0.15) is 5.75 Å². The van der Waals surface area contributed by atoms with Crippen LogP contribution >= 0.6 is 0 Å². The summed E-state index contributed by atoms with van der Waals surface area (Å²) in [4.78, 5) is 0. The molecule has 18 heavy (non-hydrogen) atoms. The summed E-state index contributed by atoms with van der Waals surface area (Å²) in [5.74, 6) is 0.694. The van der Waals surface area contributed by atoms with Gasteiger partial charge < -0.3 is 4.74 Å². The van der Waals surface area contributed by atoms with Gasteiger partial charge in [0.2, 0.25) is 10.0 Å². The second kappa shape index (κ2) is 5.71. The van der Waals surface area contributed by atoms with Crippen molar-refractivity contribution in [2.75, 3.05) is 7.11 Å². The molecule has 1 aromatic rings. The van der Waals surface area contributed by atoms with Crippen molar-refractivity contribution in [2.24, 2.45) is 0 Å². The SMILES string of the molecule is COc1ccc(C)cc1C(C)NS(=O)(=O)C(C)C. The van der Waals surface area contributed by atoms with Crippen molar-refractivity contribution in [3.05, 3.63) is 29.3 Å². The van der Waals surface area contributed by atoms with Crippen LogP contribution in [0.5, 0.6) is 5.75 Å². The number of ether oxygens (including phenoxy) is 1. The van der Waals surface area contributed by atoms with Gasteiger partial charge in [0, 0.05) is 11.6 Å². The minimum Gasteiger partial charge on any atom is -0.496 e. The highest BCUT2D eigenvalue weighted by Crippen LogP contribution is 2.26. The van der Waals surface area contributed by atoms with E-state index < -0.39 is 15.3 Å². The molecule has 1 atom stereocenters. The van der Waals surface area contributed by atoms with E-state index in [1.54, 1.807) is 21.0 Å². The number of methoxy groups -OCH3 is 1. The summed E-state index contributed by atoms with van der Waals surface area (Å²) in [5.41, 5.74) is 1.92. The van der Waals surface area contributed by atoms with Gasteiger partial charge >= 0.3 is 0 Å². The number of sulfonamides is 1. The van der Waals surface area contributed by atoms with Crippen molar-refractivity contribution in [3.63, 3.8) is 0 Å². The lowest BCUT2D eigenvalue weighted by Gasteiger charge is -2.19. The average Bonchev–Trinajstić information content (AvgIpc) is 2.28. The van der Waals surface area contributed by atoms with Crippen molar-refractivity contribution in [2.45, 2.75) is 39.0 Å². The monoisotopic (exact) mass is 271 g/mol. The Bertz CT molecular complexity index is 509. The maximum absolute atomic E-state index is 11.8. The van der Waals surface area contributed by atoms with Crippen LogP contribution in [0.15, 0.2) is 18.2 Å². The molecule has 0 aliphatic carbocycles. The smallest absolute Gasteiger partial charge is 0.214 e. The lowest BCUT2D eigenvalue weighted by molar-refractivity contribution is 0.405. The lowest BCUT2D eigenvalue weighted by Crippen LogP contribution is -2.33. The Morgan fingerprint density at radius 2 is 1.83 bits per heavy atom. The molecule has 0 radical (unpaired) electrons. The molecule has 0 spiro atoms. The van der Waals surface area contributed by atoms with Crippen LogP contribution in [-0.4, -0.2) is 20.8 Å². The molecule has 0 heterocycles. The van der Waals surface area contributed by atoms with Crippen LogP contribution in [0, 0.1) is 6.92 Å². The fraction of sp³-hybridized carbons (Fsp3) is 0.538. The quantitative estimate of drug-likeness (QED) is 0.894. The molecule has 0 fully saturated rings. The summed E-state index contributed by atoms with van der Waals surface area (Å²) in [6.07, 6.45) is 0. The molecule has 102 valence electrons. The summed E-state index contributed by atoms with van der Waals surface area (Å²) in [7, 11) is -1.71. The fourth-order valence-corrected chi connectivity index (χ4v) is 2.53. The maximum Gasteiger partial charge on any atom is 0.214 e. The molecule has 0 aliphatic heterocycles. The Hall–Kier alpha value is -1.07. The van der Waals surface area contributed by atoms with Gasteiger partial charge in [-0.2, -0.15) is 0 Å². The molecule has 0 aliphatic rings. The summed E-state index contributed by atoms with van der Waals surface area (Å²) in [6, 6.07) is 5.41. The third kappa shape index (κ3) is 3.46. The Balaban J connectivity index is 3.04. The first kappa shape index (κ1) is 15.0. The van der Waals surface area contributed by atoms with E-state index in [9.17, 15) is 8.42 Å². The molecule has 0 saturated carbocycles. The molecular weight excluding hydrogens is 250 g/mol. The van der Waals surface area contributed by atoms with Gasteiger partial charge in [-0.05, 0) is 33.8 Å². The van der Waals surface area contributed by atoms with E-state index in [4.69, 9.17) is 4.74 Å². The molecule has 1 aromatic carbocycles. The number of hydrogen-bond donors (Lipinski definition) is 1. The first-order valence-electron chi connectivity index (χ1n) is 5.93. The van der Waals surface area contributed by atoms with Crippen LogP contribution in [0.1, 0.15) is 37.9 Å². The molecule has 1 N–H and O–H groups in total. The van der Waals surface area contributed by atoms with Crippen LogP contribution in [0.2, 0.25) is 0 Å². The Morgan fingerprint density at radius 1 is 1.22 bits per heavy atom. The Kier molecular flexibility index (Phi) is 4.76. The topological polar surface area (TPSA) is 55.4 Å². The van der Waals surface area contributed by atoms with Crippen molar-refractivity contribution in [3.8, 4) is 5.75 Å². The molecule has 5 heteroatoms. The minimum absolute atomic E-state index is 0.313. The lowest BCUT2D eigenvalue weighted by atomic mass is 10.1. The van der Waals surface area contributed by atoms with E-state index in [0.717, 1.165) is 11.1 Å². The van der Waals surface area contributed by atoms with Gasteiger partial charge in [0.05, 0.1) is 12.4 Å². The second-order valence-electron chi connectivity index (χ2n) is 4.68. The molecular formula is C13H21NO3S. The summed E-state index contributed by atoms with van der Waals surface area (Å²) >= 11 is 0. The predicted octanol–water partition coefficient (Wildman–Crippen LogP) is 2.39. The molecule has 0 amide bonds. The number of rotatable bonds is 5. The highest BCUT2D eigenvalue weighted by atomic mass is 32.2. The first-order chi connectivity index (χ1) is 8.27. The number of hydrogen-bond acceptors (Lipinski definition) is 3. The minimum atomic E-state index is -3.29. The molecule has 0 saturated heterocycles. The van der Waals surface area contributed by atoms with Gasteiger partial charge in [-0.3, -0.25) is 0 Å². The summed E-state index contributed by atoms with van der Waals surface area (Å²) < 4.78 is 31.6. The van der Waals surface area contributed by atoms with E-state index in [1.807, 2.05) is 32.0 Å². The number of benzene rings is 1. The second-order valence-corrected chi connectivity index (χ2v) is 6.95. The Labute approximate surface area is 109 Å². The first-order valence-corrected chi connectivity index (χ1v) is 7.48. The van der Waals surface area contributed by atoms with Gasteiger partial charge in [0.15, 0.2) is 0 Å². The molecule has 0 aromatic heterocycles. The zero-order valence-electron chi connectivity index (χ0n) is 11.5. The van der Waals surface area contributed by atoms with Crippen LogP contribution in [0.4, 0.5) is 0 Å². The van der Waals surface area contributed by atoms with Crippen molar-refractivity contribution >= 4 is 10.0 Å². The van der Waals surface area contributed by atoms with Crippen LogP contribution in [0.3, 0.4) is 0 Å². The van der Waals surface area contributed by atoms with E-state index in [1.165, 1.54) is 0 Å². The van der Waals surface area contributed by atoms with E-state index in [-0.39, 0.29) is 6.04 Å². The van der Waals surface area contributed by atoms with Crippen LogP contribution in [0.25, 0.3) is 0 Å². The predicted molar refractivity (Wildman–Crippen MR) is 73.3 cm³/mol. The standard InChI is InChI=1S/C13H21NO3S/c1-9(2)18(15,16)14-11(4)12-8-10(3)6-7-13(12)17-5/h6-9,11,14H,1-5H3. The molecule has 1 rings (SSSR count). The summed E-state index contributed by atoms with van der Waals surface area (Å²) in [5, 5.41) is -0.448. The van der Waals surface area contributed by atoms with E-state index >= 15 is 0 Å². The highest BCUT2D eigenvalue weighted by molar-refractivity contribution is 7.90. The molecule has 0 bridgehead atoms. The largest absolute Gasteiger partial charge is 0.496 e.